The van der Waals surface area contributed by atoms with Crippen molar-refractivity contribution >= 4 is 34.4 Å². The first-order valence-corrected chi connectivity index (χ1v) is 9.94. The van der Waals surface area contributed by atoms with Gasteiger partial charge >= 0.3 is 5.97 Å². The molecule has 1 saturated heterocycles. The quantitative estimate of drug-likeness (QED) is 0.724. The molecule has 8 heteroatoms. The molecule has 1 aromatic heterocycles. The number of para-hydroxylation sites is 1. The molecule has 2 unspecified atom stereocenters. The van der Waals surface area contributed by atoms with Gasteiger partial charge in [0.15, 0.2) is 0 Å². The lowest BCUT2D eigenvalue weighted by atomic mass is 9.72. The maximum atomic E-state index is 13.4. The van der Waals surface area contributed by atoms with Gasteiger partial charge in [-0.3, -0.25) is 9.59 Å². The summed E-state index contributed by atoms with van der Waals surface area (Å²) in [6.45, 7) is 1.44. The highest BCUT2D eigenvalue weighted by Crippen LogP contribution is 2.47. The topological polar surface area (TPSA) is 110 Å². The third-order valence-electron chi connectivity index (χ3n) is 6.26. The van der Waals surface area contributed by atoms with Crippen LogP contribution < -0.4 is 0 Å². The second kappa shape index (κ2) is 6.63. The minimum absolute atomic E-state index is 0.0610. The van der Waals surface area contributed by atoms with Crippen molar-refractivity contribution in [1.82, 2.24) is 9.88 Å². The van der Waals surface area contributed by atoms with Crippen LogP contribution in [0.2, 0.25) is 0 Å². The van der Waals surface area contributed by atoms with E-state index >= 15 is 0 Å². The Bertz CT molecular complexity index is 1130. The number of nitrogens with one attached hydrogen (secondary N) is 1. The molecular formula is C22H20N3O5-. The summed E-state index contributed by atoms with van der Waals surface area (Å²) in [5.41, 5.74) is 8.77. The zero-order valence-electron chi connectivity index (χ0n) is 16.4. The number of ether oxygens (including phenoxy) is 2. The molecule has 8 nitrogen and oxygen atoms in total. The largest absolute Gasteiger partial charge is 0.668 e. The summed E-state index contributed by atoms with van der Waals surface area (Å²) in [7, 11) is 0. The van der Waals surface area contributed by atoms with Gasteiger partial charge in [0, 0.05) is 16.9 Å². The SMILES string of the molecule is CC[C@@]1(OC(=O)C[NH-])C(=O)OCC2C(=O)N3Cc4cc5ccccc5nc4C3=CC21. The van der Waals surface area contributed by atoms with Crippen LogP contribution in [0.25, 0.3) is 22.3 Å². The van der Waals surface area contributed by atoms with E-state index < -0.39 is 35.9 Å². The maximum absolute atomic E-state index is 13.4. The highest BCUT2D eigenvalue weighted by molar-refractivity contribution is 5.97. The molecule has 0 bridgehead atoms. The van der Waals surface area contributed by atoms with E-state index in [4.69, 9.17) is 20.2 Å². The summed E-state index contributed by atoms with van der Waals surface area (Å²) in [6, 6.07) is 9.77. The minimum atomic E-state index is -1.62. The molecule has 0 radical (unpaired) electrons. The van der Waals surface area contributed by atoms with Crippen molar-refractivity contribution in [3.05, 3.63) is 53.4 Å². The number of cyclic esters (lactones) is 1. The van der Waals surface area contributed by atoms with E-state index in [-0.39, 0.29) is 18.9 Å². The van der Waals surface area contributed by atoms with E-state index in [1.54, 1.807) is 11.8 Å². The van der Waals surface area contributed by atoms with Crippen LogP contribution in [0.15, 0.2) is 36.4 Å². The highest BCUT2D eigenvalue weighted by Gasteiger charge is 2.59. The van der Waals surface area contributed by atoms with Crippen molar-refractivity contribution in [2.24, 2.45) is 11.8 Å². The highest BCUT2D eigenvalue weighted by atomic mass is 16.6. The molecule has 154 valence electrons. The molecule has 1 fully saturated rings. The van der Waals surface area contributed by atoms with Crippen LogP contribution >= 0.6 is 0 Å². The third-order valence-corrected chi connectivity index (χ3v) is 6.26. The van der Waals surface area contributed by atoms with Gasteiger partial charge in [-0.2, -0.15) is 0 Å². The van der Waals surface area contributed by atoms with Gasteiger partial charge in [0.05, 0.1) is 29.4 Å². The zero-order valence-corrected chi connectivity index (χ0v) is 16.4. The summed E-state index contributed by atoms with van der Waals surface area (Å²) in [6.07, 6.45) is 1.98. The number of hydrogen-bond donors (Lipinski definition) is 0. The fraction of sp³-hybridized carbons (Fsp3) is 0.364. The Morgan fingerprint density at radius 3 is 2.93 bits per heavy atom. The average molecular weight is 406 g/mol. The van der Waals surface area contributed by atoms with Crippen molar-refractivity contribution in [2.45, 2.75) is 25.5 Å². The Hall–Kier alpha value is -3.26. The number of benzene rings is 1. The Morgan fingerprint density at radius 2 is 2.17 bits per heavy atom. The van der Waals surface area contributed by atoms with Crippen LogP contribution in [0.1, 0.15) is 24.6 Å². The molecule has 0 spiro atoms. The van der Waals surface area contributed by atoms with Crippen LogP contribution in [0.4, 0.5) is 0 Å². The van der Waals surface area contributed by atoms with E-state index in [0.29, 0.717) is 17.9 Å². The van der Waals surface area contributed by atoms with Gasteiger partial charge in [-0.15, -0.1) is 0 Å². The number of carbonyl (C=O) groups excluding carboxylic acids is 3. The third kappa shape index (κ3) is 2.50. The fourth-order valence-electron chi connectivity index (χ4n) is 4.75. The molecule has 1 aromatic carbocycles. The smallest absolute Gasteiger partial charge is 0.351 e. The monoisotopic (exact) mass is 406 g/mol. The number of rotatable bonds is 3. The normalized spacial score (nSPS) is 27.1. The van der Waals surface area contributed by atoms with Crippen molar-refractivity contribution in [2.75, 3.05) is 13.2 Å². The maximum Gasteiger partial charge on any atom is 0.351 e. The van der Waals surface area contributed by atoms with Crippen molar-refractivity contribution in [3.8, 4) is 0 Å². The molecule has 1 N–H and O–H groups in total. The molecule has 30 heavy (non-hydrogen) atoms. The van der Waals surface area contributed by atoms with Crippen LogP contribution in [0.3, 0.4) is 0 Å². The lowest BCUT2D eigenvalue weighted by Gasteiger charge is -2.46. The standard InChI is InChI=1S/C22H20N3O5/c1-2-22(30-18(26)9-23)15-8-17-19-13(7-12-5-3-4-6-16(12)24-19)10-25(17)20(27)14(15)11-29-21(22)28/h3-8,14-15,23H,2,9-11H2,1H3/q-1/t14?,15?,22-/m0/s1. The fourth-order valence-corrected chi connectivity index (χ4v) is 4.75. The molecule has 0 aliphatic carbocycles. The summed E-state index contributed by atoms with van der Waals surface area (Å²) < 4.78 is 10.8. The van der Waals surface area contributed by atoms with Gasteiger partial charge in [0.25, 0.3) is 5.97 Å². The Balaban J connectivity index is 1.66. The first kappa shape index (κ1) is 18.7. The van der Waals surface area contributed by atoms with E-state index in [9.17, 15) is 14.4 Å². The van der Waals surface area contributed by atoms with E-state index in [0.717, 1.165) is 16.5 Å². The number of amides is 1. The molecule has 4 heterocycles. The van der Waals surface area contributed by atoms with E-state index in [1.165, 1.54) is 0 Å². The second-order valence-electron chi connectivity index (χ2n) is 7.79. The van der Waals surface area contributed by atoms with E-state index in [2.05, 4.69) is 0 Å². The molecule has 3 atom stereocenters. The van der Waals surface area contributed by atoms with Crippen LogP contribution in [-0.4, -0.2) is 46.5 Å². The Kier molecular flexibility index (Phi) is 4.14. The number of fused-ring (bicyclic) bond motifs is 5. The lowest BCUT2D eigenvalue weighted by Crippen LogP contribution is -2.61. The number of hydrogen-bond acceptors (Lipinski definition) is 6. The lowest BCUT2D eigenvalue weighted by molar-refractivity contribution is -0.204. The molecule has 3 aliphatic rings. The van der Waals surface area contributed by atoms with Gasteiger partial charge in [0.1, 0.15) is 6.61 Å². The first-order chi connectivity index (χ1) is 14.5. The van der Waals surface area contributed by atoms with Gasteiger partial charge < -0.3 is 20.1 Å². The first-order valence-electron chi connectivity index (χ1n) is 9.94. The van der Waals surface area contributed by atoms with Gasteiger partial charge in [-0.25, -0.2) is 9.78 Å². The molecule has 5 rings (SSSR count). The van der Waals surface area contributed by atoms with Crippen LogP contribution in [0.5, 0.6) is 0 Å². The summed E-state index contributed by atoms with van der Waals surface area (Å²) >= 11 is 0. The van der Waals surface area contributed by atoms with Gasteiger partial charge in [-0.05, 0) is 31.2 Å². The number of aromatic nitrogens is 1. The van der Waals surface area contributed by atoms with Gasteiger partial charge in [-0.1, -0.05) is 25.1 Å². The molecule has 1 amide bonds. The summed E-state index contributed by atoms with van der Waals surface area (Å²) in [4.78, 5) is 44.5. The van der Waals surface area contributed by atoms with Crippen molar-refractivity contribution < 1.29 is 23.9 Å². The summed E-state index contributed by atoms with van der Waals surface area (Å²) in [5.74, 6) is -2.98. The molecular weight excluding hydrogens is 386 g/mol. The number of nitrogens with zero attached hydrogens (tertiary/aromatic N) is 2. The molecule has 2 aromatic rings. The predicted molar refractivity (Wildman–Crippen MR) is 107 cm³/mol. The Labute approximate surface area is 172 Å². The van der Waals surface area contributed by atoms with Crippen molar-refractivity contribution in [3.63, 3.8) is 0 Å². The number of carbonyl (C=O) groups is 3. The average Bonchev–Trinajstić information content (AvgIpc) is 3.12. The number of pyridine rings is 1. The van der Waals surface area contributed by atoms with Crippen LogP contribution in [-0.2, 0) is 30.4 Å². The van der Waals surface area contributed by atoms with Gasteiger partial charge in [0.2, 0.25) is 11.5 Å². The van der Waals surface area contributed by atoms with E-state index in [1.807, 2.05) is 36.4 Å². The minimum Gasteiger partial charge on any atom is -0.668 e. The molecule has 0 saturated carbocycles. The van der Waals surface area contributed by atoms with Crippen LogP contribution in [0, 0.1) is 11.8 Å². The second-order valence-corrected chi connectivity index (χ2v) is 7.79. The zero-order chi connectivity index (χ0) is 21.0. The van der Waals surface area contributed by atoms with Crippen molar-refractivity contribution in [1.29, 1.82) is 0 Å². The number of esters is 2. The molecule has 3 aliphatic heterocycles. The summed E-state index contributed by atoms with van der Waals surface area (Å²) in [5, 5.41) is 0.993. The predicted octanol–water partition coefficient (Wildman–Crippen LogP) is 2.46. The Morgan fingerprint density at radius 1 is 1.37 bits per heavy atom.